The van der Waals surface area contributed by atoms with Crippen LogP contribution in [0.25, 0.3) is 0 Å². The first kappa shape index (κ1) is 17.2. The highest BCUT2D eigenvalue weighted by molar-refractivity contribution is 5.46. The molecule has 0 aromatic heterocycles. The average Bonchev–Trinajstić information content (AvgIpc) is 2.51. The van der Waals surface area contributed by atoms with E-state index in [4.69, 9.17) is 14.2 Å². The van der Waals surface area contributed by atoms with Gasteiger partial charge in [-0.1, -0.05) is 18.2 Å². The largest absolute Gasteiger partial charge is 0.493 e. The van der Waals surface area contributed by atoms with E-state index in [0.717, 1.165) is 29.4 Å². The van der Waals surface area contributed by atoms with E-state index in [2.05, 4.69) is 25.2 Å². The molecule has 0 heterocycles. The van der Waals surface area contributed by atoms with Crippen LogP contribution in [0.1, 0.15) is 16.7 Å². The van der Waals surface area contributed by atoms with Gasteiger partial charge in [0.25, 0.3) is 0 Å². The minimum Gasteiger partial charge on any atom is -0.493 e. The average molecular weight is 315 g/mol. The molecule has 0 aliphatic rings. The molecule has 0 saturated carbocycles. The minimum absolute atomic E-state index is 0.462. The molecule has 23 heavy (non-hydrogen) atoms. The molecule has 0 fully saturated rings. The Kier molecular flexibility index (Phi) is 6.29. The topological polar surface area (TPSA) is 39.7 Å². The van der Waals surface area contributed by atoms with Gasteiger partial charge in [0.05, 0.1) is 7.11 Å². The molecular formula is C19H25NO3. The molecule has 2 rings (SSSR count). The Labute approximate surface area is 138 Å². The Morgan fingerprint density at radius 3 is 2.30 bits per heavy atom. The van der Waals surface area contributed by atoms with E-state index in [9.17, 15) is 0 Å². The van der Waals surface area contributed by atoms with Crippen molar-refractivity contribution in [3.8, 4) is 17.2 Å². The maximum Gasteiger partial charge on any atom is 0.165 e. The van der Waals surface area contributed by atoms with Gasteiger partial charge in [0.15, 0.2) is 11.5 Å². The van der Waals surface area contributed by atoms with Crippen LogP contribution in [0.2, 0.25) is 0 Å². The Bertz CT molecular complexity index is 620. The zero-order chi connectivity index (χ0) is 16.7. The second-order valence-corrected chi connectivity index (χ2v) is 5.50. The van der Waals surface area contributed by atoms with Crippen LogP contribution in [-0.2, 0) is 6.54 Å². The standard InChI is InChI=1S/C19H25NO3/c1-14-10-15(2)12-17(11-14)22-8-9-23-19-16(13-20-3)6-5-7-18(19)21-4/h5-7,10-12,20H,8-9,13H2,1-4H3. The van der Waals surface area contributed by atoms with Crippen molar-refractivity contribution in [3.05, 3.63) is 53.1 Å². The van der Waals surface area contributed by atoms with E-state index in [1.807, 2.05) is 37.4 Å². The van der Waals surface area contributed by atoms with Gasteiger partial charge in [-0.05, 0) is 50.2 Å². The number of para-hydroxylation sites is 1. The number of rotatable bonds is 8. The van der Waals surface area contributed by atoms with Gasteiger partial charge in [0.2, 0.25) is 0 Å². The van der Waals surface area contributed by atoms with E-state index >= 15 is 0 Å². The zero-order valence-corrected chi connectivity index (χ0v) is 14.3. The summed E-state index contributed by atoms with van der Waals surface area (Å²) in [5, 5.41) is 3.14. The van der Waals surface area contributed by atoms with E-state index < -0.39 is 0 Å². The van der Waals surface area contributed by atoms with Crippen molar-refractivity contribution < 1.29 is 14.2 Å². The van der Waals surface area contributed by atoms with Crippen LogP contribution < -0.4 is 19.5 Å². The summed E-state index contributed by atoms with van der Waals surface area (Å²) in [6, 6.07) is 12.1. The van der Waals surface area contributed by atoms with Crippen LogP contribution in [0.4, 0.5) is 0 Å². The third-order valence-electron chi connectivity index (χ3n) is 3.44. The summed E-state index contributed by atoms with van der Waals surface area (Å²) in [6.45, 7) is 5.80. The number of methoxy groups -OCH3 is 1. The number of hydrogen-bond donors (Lipinski definition) is 1. The molecule has 0 aliphatic carbocycles. The molecule has 2 aromatic rings. The lowest BCUT2D eigenvalue weighted by Crippen LogP contribution is -2.13. The van der Waals surface area contributed by atoms with Gasteiger partial charge in [-0.15, -0.1) is 0 Å². The van der Waals surface area contributed by atoms with Gasteiger partial charge in [-0.3, -0.25) is 0 Å². The van der Waals surface area contributed by atoms with E-state index in [1.54, 1.807) is 7.11 Å². The normalized spacial score (nSPS) is 10.4. The predicted octanol–water partition coefficient (Wildman–Crippen LogP) is 3.49. The Morgan fingerprint density at radius 1 is 0.957 bits per heavy atom. The number of nitrogens with one attached hydrogen (secondary N) is 1. The van der Waals surface area contributed by atoms with Crippen molar-refractivity contribution >= 4 is 0 Å². The van der Waals surface area contributed by atoms with E-state index in [-0.39, 0.29) is 0 Å². The number of hydrogen-bond acceptors (Lipinski definition) is 4. The molecule has 4 nitrogen and oxygen atoms in total. The van der Waals surface area contributed by atoms with Gasteiger partial charge < -0.3 is 19.5 Å². The fourth-order valence-electron chi connectivity index (χ4n) is 2.53. The summed E-state index contributed by atoms with van der Waals surface area (Å²) in [5.74, 6) is 2.39. The number of ether oxygens (including phenoxy) is 3. The monoisotopic (exact) mass is 315 g/mol. The van der Waals surface area contributed by atoms with Gasteiger partial charge in [0.1, 0.15) is 19.0 Å². The maximum absolute atomic E-state index is 5.90. The smallest absolute Gasteiger partial charge is 0.165 e. The van der Waals surface area contributed by atoms with Gasteiger partial charge >= 0.3 is 0 Å². The molecule has 0 bridgehead atoms. The first-order valence-corrected chi connectivity index (χ1v) is 7.78. The van der Waals surface area contributed by atoms with Crippen molar-refractivity contribution in [2.75, 3.05) is 27.4 Å². The first-order chi connectivity index (χ1) is 11.1. The second-order valence-electron chi connectivity index (χ2n) is 5.50. The highest BCUT2D eigenvalue weighted by atomic mass is 16.5. The molecule has 0 aliphatic heterocycles. The first-order valence-electron chi connectivity index (χ1n) is 7.78. The number of aryl methyl sites for hydroxylation is 2. The van der Waals surface area contributed by atoms with Gasteiger partial charge in [-0.25, -0.2) is 0 Å². The van der Waals surface area contributed by atoms with Crippen LogP contribution >= 0.6 is 0 Å². The predicted molar refractivity (Wildman–Crippen MR) is 92.7 cm³/mol. The van der Waals surface area contributed by atoms with E-state index in [0.29, 0.717) is 13.2 Å². The lowest BCUT2D eigenvalue weighted by molar-refractivity contribution is 0.209. The lowest BCUT2D eigenvalue weighted by Gasteiger charge is -2.15. The van der Waals surface area contributed by atoms with Crippen LogP contribution in [0.3, 0.4) is 0 Å². The van der Waals surface area contributed by atoms with Crippen molar-refractivity contribution in [1.29, 1.82) is 0 Å². The second kappa shape index (κ2) is 8.44. The fraction of sp³-hybridized carbons (Fsp3) is 0.368. The van der Waals surface area contributed by atoms with Crippen LogP contribution in [0.5, 0.6) is 17.2 Å². The van der Waals surface area contributed by atoms with Crippen LogP contribution in [0, 0.1) is 13.8 Å². The van der Waals surface area contributed by atoms with Gasteiger partial charge in [0, 0.05) is 12.1 Å². The molecule has 4 heteroatoms. The third-order valence-corrected chi connectivity index (χ3v) is 3.44. The number of benzene rings is 2. The highest BCUT2D eigenvalue weighted by Crippen LogP contribution is 2.31. The molecule has 124 valence electrons. The molecule has 0 spiro atoms. The van der Waals surface area contributed by atoms with Gasteiger partial charge in [-0.2, -0.15) is 0 Å². The summed E-state index contributed by atoms with van der Waals surface area (Å²) in [6.07, 6.45) is 0. The molecule has 0 radical (unpaired) electrons. The van der Waals surface area contributed by atoms with Crippen LogP contribution in [-0.4, -0.2) is 27.4 Å². The van der Waals surface area contributed by atoms with Crippen LogP contribution in [0.15, 0.2) is 36.4 Å². The molecular weight excluding hydrogens is 290 g/mol. The lowest BCUT2D eigenvalue weighted by atomic mass is 10.1. The quantitative estimate of drug-likeness (QED) is 0.757. The molecule has 0 atom stereocenters. The maximum atomic E-state index is 5.90. The summed E-state index contributed by atoms with van der Waals surface area (Å²) < 4.78 is 17.1. The minimum atomic E-state index is 0.462. The zero-order valence-electron chi connectivity index (χ0n) is 14.3. The molecule has 0 saturated heterocycles. The highest BCUT2D eigenvalue weighted by Gasteiger charge is 2.10. The Morgan fingerprint density at radius 2 is 1.65 bits per heavy atom. The summed E-state index contributed by atoms with van der Waals surface area (Å²) in [4.78, 5) is 0. The SMILES string of the molecule is CNCc1cccc(OC)c1OCCOc1cc(C)cc(C)c1. The van der Waals surface area contributed by atoms with Crippen molar-refractivity contribution in [2.24, 2.45) is 0 Å². The van der Waals surface area contributed by atoms with Crippen molar-refractivity contribution in [3.63, 3.8) is 0 Å². The Hall–Kier alpha value is -2.20. The summed E-state index contributed by atoms with van der Waals surface area (Å²) in [7, 11) is 3.56. The van der Waals surface area contributed by atoms with Crippen molar-refractivity contribution in [1.82, 2.24) is 5.32 Å². The van der Waals surface area contributed by atoms with E-state index in [1.165, 1.54) is 11.1 Å². The molecule has 2 aromatic carbocycles. The Balaban J connectivity index is 1.95. The third kappa shape index (κ3) is 4.89. The molecule has 0 unspecified atom stereocenters. The fourth-order valence-corrected chi connectivity index (χ4v) is 2.53. The summed E-state index contributed by atoms with van der Waals surface area (Å²) >= 11 is 0. The summed E-state index contributed by atoms with van der Waals surface area (Å²) in [5.41, 5.74) is 3.46. The van der Waals surface area contributed by atoms with Crippen molar-refractivity contribution in [2.45, 2.75) is 20.4 Å². The molecule has 0 amide bonds. The molecule has 1 N–H and O–H groups in total.